The fraction of sp³-hybridized carbons (Fsp3) is 0.417. The number of aromatic nitrogens is 1. The number of amides is 3. The first-order valence-electron chi connectivity index (χ1n) is 11.3. The number of nitrogens with zero attached hydrogens (tertiary/aromatic N) is 3. The van der Waals surface area contributed by atoms with Gasteiger partial charge in [-0.2, -0.15) is 0 Å². The van der Waals surface area contributed by atoms with E-state index in [-0.39, 0.29) is 18.5 Å². The molecule has 1 aromatic carbocycles. The first kappa shape index (κ1) is 23.1. The van der Waals surface area contributed by atoms with Gasteiger partial charge in [0.2, 0.25) is 0 Å². The van der Waals surface area contributed by atoms with E-state index in [2.05, 4.69) is 16.4 Å². The summed E-state index contributed by atoms with van der Waals surface area (Å²) >= 11 is 1.58. The largest absolute Gasteiger partial charge is 0.335 e. The second-order valence-corrected chi connectivity index (χ2v) is 9.55. The molecule has 0 spiro atoms. The molecule has 1 saturated heterocycles. The van der Waals surface area contributed by atoms with E-state index in [0.29, 0.717) is 17.9 Å². The molecule has 2 aromatic rings. The maximum atomic E-state index is 13.5. The maximum Gasteiger partial charge on any atom is 0.327 e. The van der Waals surface area contributed by atoms with Crippen LogP contribution in [0.1, 0.15) is 58.9 Å². The molecule has 33 heavy (non-hydrogen) atoms. The van der Waals surface area contributed by atoms with Gasteiger partial charge < -0.3 is 10.2 Å². The number of halogens is 1. The molecule has 0 radical (unpaired) electrons. The molecule has 1 aliphatic carbocycles. The molecule has 1 aliphatic heterocycles. The van der Waals surface area contributed by atoms with Crippen molar-refractivity contribution in [2.75, 3.05) is 18.0 Å². The number of hydrogen-bond acceptors (Lipinski definition) is 5. The summed E-state index contributed by atoms with van der Waals surface area (Å²) in [6, 6.07) is 4.73. The molecule has 2 aliphatic rings. The van der Waals surface area contributed by atoms with Crippen molar-refractivity contribution in [2.45, 2.75) is 51.5 Å². The molecule has 1 unspecified atom stereocenters. The van der Waals surface area contributed by atoms with E-state index < -0.39 is 11.8 Å². The molecule has 1 fully saturated rings. The zero-order valence-corrected chi connectivity index (χ0v) is 19.5. The number of carbonyl (C=O) groups is 2. The van der Waals surface area contributed by atoms with E-state index in [1.807, 2.05) is 11.8 Å². The van der Waals surface area contributed by atoms with Gasteiger partial charge in [-0.05, 0) is 75.3 Å². The van der Waals surface area contributed by atoms with Gasteiger partial charge in [0.1, 0.15) is 11.5 Å². The Morgan fingerprint density at radius 1 is 1.30 bits per heavy atom. The van der Waals surface area contributed by atoms with Crippen LogP contribution in [-0.4, -0.2) is 47.3 Å². The van der Waals surface area contributed by atoms with Crippen LogP contribution in [0.25, 0.3) is 5.57 Å². The highest BCUT2D eigenvalue weighted by Gasteiger charge is 2.33. The molecular weight excluding hydrogens is 441 g/mol. The zero-order chi connectivity index (χ0) is 23.4. The van der Waals surface area contributed by atoms with Crippen molar-refractivity contribution in [1.82, 2.24) is 15.2 Å². The van der Waals surface area contributed by atoms with Crippen molar-refractivity contribution >= 4 is 40.9 Å². The summed E-state index contributed by atoms with van der Waals surface area (Å²) in [6.07, 6.45) is 9.10. The molecule has 7 nitrogen and oxygen atoms in total. The topological polar surface area (TPSA) is 89.4 Å². The monoisotopic (exact) mass is 469 g/mol. The lowest BCUT2D eigenvalue weighted by atomic mass is 9.97. The molecule has 0 bridgehead atoms. The first-order valence-corrected chi connectivity index (χ1v) is 12.1. The summed E-state index contributed by atoms with van der Waals surface area (Å²) in [6.45, 7) is 2.83. The van der Waals surface area contributed by atoms with Gasteiger partial charge in [-0.25, -0.2) is 14.2 Å². The number of benzene rings is 1. The van der Waals surface area contributed by atoms with Crippen LogP contribution in [0.3, 0.4) is 0 Å². The Labute approximate surface area is 196 Å². The van der Waals surface area contributed by atoms with Crippen molar-refractivity contribution < 1.29 is 14.0 Å². The van der Waals surface area contributed by atoms with Crippen LogP contribution in [0.15, 0.2) is 30.3 Å². The van der Waals surface area contributed by atoms with Crippen LogP contribution in [0.4, 0.5) is 14.9 Å². The Kier molecular flexibility index (Phi) is 7.17. The molecule has 3 amide bonds. The maximum absolute atomic E-state index is 13.5. The fourth-order valence-corrected chi connectivity index (χ4v) is 5.41. The van der Waals surface area contributed by atoms with Gasteiger partial charge in [0.05, 0.1) is 21.9 Å². The predicted octanol–water partition coefficient (Wildman–Crippen LogP) is 4.98. The number of hydrogen-bond donors (Lipinski definition) is 2. The van der Waals surface area contributed by atoms with Crippen LogP contribution < -0.4 is 10.2 Å². The van der Waals surface area contributed by atoms with Gasteiger partial charge in [-0.1, -0.05) is 6.08 Å². The lowest BCUT2D eigenvalue weighted by molar-refractivity contribution is 0.0731. The minimum Gasteiger partial charge on any atom is -0.335 e. The Balaban J connectivity index is 1.44. The number of thiazole rings is 1. The quantitative estimate of drug-likeness (QED) is 0.462. The van der Waals surface area contributed by atoms with E-state index in [4.69, 9.17) is 5.41 Å². The summed E-state index contributed by atoms with van der Waals surface area (Å²) in [5, 5.41) is 11.3. The van der Waals surface area contributed by atoms with E-state index in [1.165, 1.54) is 36.3 Å². The van der Waals surface area contributed by atoms with Gasteiger partial charge in [-0.3, -0.25) is 15.1 Å². The number of nitrogens with one attached hydrogen (secondary N) is 2. The SMILES string of the molecule is Cc1nc(C(=O)N2CCCC2CNC(=O)N(C=N)c2ccc(F)cc2)c(C2=CCCCC2)s1. The molecule has 4 rings (SSSR count). The molecule has 0 saturated carbocycles. The van der Waals surface area contributed by atoms with E-state index in [1.54, 1.807) is 11.3 Å². The summed E-state index contributed by atoms with van der Waals surface area (Å²) in [7, 11) is 0. The minimum atomic E-state index is -0.492. The molecule has 2 heterocycles. The Morgan fingerprint density at radius 3 is 2.79 bits per heavy atom. The molecular formula is C24H28FN5O2S. The second kappa shape index (κ2) is 10.2. The molecule has 9 heteroatoms. The summed E-state index contributed by atoms with van der Waals surface area (Å²) in [5.41, 5.74) is 2.14. The third-order valence-electron chi connectivity index (χ3n) is 6.10. The smallest absolute Gasteiger partial charge is 0.327 e. The van der Waals surface area contributed by atoms with Crippen LogP contribution in [-0.2, 0) is 0 Å². The van der Waals surface area contributed by atoms with Crippen molar-refractivity contribution in [3.63, 3.8) is 0 Å². The summed E-state index contributed by atoms with van der Waals surface area (Å²) in [5.74, 6) is -0.496. The first-order chi connectivity index (χ1) is 16.0. The molecule has 174 valence electrons. The van der Waals surface area contributed by atoms with Crippen LogP contribution in [0.5, 0.6) is 0 Å². The third-order valence-corrected chi connectivity index (χ3v) is 7.15. The highest BCUT2D eigenvalue weighted by molar-refractivity contribution is 7.13. The number of carbonyl (C=O) groups excluding carboxylic acids is 2. The normalized spacial score (nSPS) is 18.1. The number of likely N-dealkylation sites (tertiary alicyclic amines) is 1. The number of urea groups is 1. The average Bonchev–Trinajstić information content (AvgIpc) is 3.46. The summed E-state index contributed by atoms with van der Waals surface area (Å²) < 4.78 is 13.2. The van der Waals surface area contributed by atoms with Gasteiger partial charge >= 0.3 is 6.03 Å². The van der Waals surface area contributed by atoms with Crippen LogP contribution in [0.2, 0.25) is 0 Å². The number of rotatable bonds is 6. The van der Waals surface area contributed by atoms with Gasteiger partial charge in [0, 0.05) is 19.1 Å². The Morgan fingerprint density at radius 2 is 2.09 bits per heavy atom. The van der Waals surface area contributed by atoms with E-state index >= 15 is 0 Å². The summed E-state index contributed by atoms with van der Waals surface area (Å²) in [4.78, 5) is 34.6. The highest BCUT2D eigenvalue weighted by Crippen LogP contribution is 2.34. The Bertz CT molecular complexity index is 1070. The minimum absolute atomic E-state index is 0.0833. The molecule has 2 N–H and O–H groups in total. The zero-order valence-electron chi connectivity index (χ0n) is 18.6. The fourth-order valence-electron chi connectivity index (χ4n) is 4.43. The second-order valence-electron chi connectivity index (χ2n) is 8.34. The van der Waals surface area contributed by atoms with Crippen molar-refractivity contribution in [3.05, 3.63) is 51.7 Å². The van der Waals surface area contributed by atoms with Crippen molar-refractivity contribution in [3.8, 4) is 0 Å². The van der Waals surface area contributed by atoms with Gasteiger partial charge in [0.15, 0.2) is 0 Å². The number of allylic oxidation sites excluding steroid dienone is 2. The standard InChI is InChI=1S/C24H28FN5O2S/c1-16-28-21(22(33-16)17-6-3-2-4-7-17)23(31)29-13-5-8-20(29)14-27-24(32)30(15-26)19-11-9-18(25)10-12-19/h6,9-12,15,20,26H,2-5,7-8,13-14H2,1H3,(H,27,32). The lowest BCUT2D eigenvalue weighted by Crippen LogP contribution is -2.47. The lowest BCUT2D eigenvalue weighted by Gasteiger charge is -2.26. The predicted molar refractivity (Wildman–Crippen MR) is 128 cm³/mol. The van der Waals surface area contributed by atoms with Crippen molar-refractivity contribution in [1.29, 1.82) is 5.41 Å². The van der Waals surface area contributed by atoms with Crippen LogP contribution in [0, 0.1) is 18.2 Å². The molecule has 1 atom stereocenters. The van der Waals surface area contributed by atoms with Gasteiger partial charge in [-0.15, -0.1) is 11.3 Å². The van der Waals surface area contributed by atoms with Crippen LogP contribution >= 0.6 is 11.3 Å². The van der Waals surface area contributed by atoms with Gasteiger partial charge in [0.25, 0.3) is 5.91 Å². The molecule has 1 aromatic heterocycles. The van der Waals surface area contributed by atoms with E-state index in [0.717, 1.165) is 53.2 Å². The van der Waals surface area contributed by atoms with E-state index in [9.17, 15) is 14.0 Å². The third kappa shape index (κ3) is 5.13. The number of anilines is 1. The average molecular weight is 470 g/mol. The highest BCUT2D eigenvalue weighted by atomic mass is 32.1. The number of aryl methyl sites for hydroxylation is 1. The van der Waals surface area contributed by atoms with Crippen molar-refractivity contribution in [2.24, 2.45) is 0 Å². The Hall–Kier alpha value is -3.07.